The molecule has 0 aromatic carbocycles. The van der Waals surface area contributed by atoms with E-state index in [1.807, 2.05) is 32.1 Å². The molecule has 0 amide bonds. The molecular weight excluding hydrogens is 192 g/mol. The Hall–Kier alpha value is -0.0800. The summed E-state index contributed by atoms with van der Waals surface area (Å²) in [7, 11) is 0. The van der Waals surface area contributed by atoms with E-state index in [9.17, 15) is 5.11 Å². The van der Waals surface area contributed by atoms with Gasteiger partial charge in [-0.05, 0) is 13.0 Å². The van der Waals surface area contributed by atoms with Crippen LogP contribution in [-0.4, -0.2) is 10.7 Å². The van der Waals surface area contributed by atoms with Crippen molar-refractivity contribution in [3.63, 3.8) is 0 Å². The molecule has 0 radical (unpaired) electrons. The second-order valence-corrected chi connectivity index (χ2v) is 3.69. The molecule has 10 heavy (non-hydrogen) atoms. The van der Waals surface area contributed by atoms with Crippen molar-refractivity contribution in [2.24, 2.45) is 5.92 Å². The molecule has 0 aromatic rings. The van der Waals surface area contributed by atoms with Gasteiger partial charge in [0.2, 0.25) is 0 Å². The summed E-state index contributed by atoms with van der Waals surface area (Å²) in [6.07, 6.45) is 5.82. The van der Waals surface area contributed by atoms with Crippen molar-refractivity contribution in [1.29, 1.82) is 0 Å². The first kappa shape index (κ1) is 8.02. The highest BCUT2D eigenvalue weighted by atomic mass is 79.9. The third-order valence-electron chi connectivity index (χ3n) is 2.01. The first-order valence-electron chi connectivity index (χ1n) is 3.32. The fraction of sp³-hybridized carbons (Fsp3) is 0.500. The van der Waals surface area contributed by atoms with Crippen LogP contribution in [0.5, 0.6) is 0 Å². The van der Waals surface area contributed by atoms with Gasteiger partial charge in [-0.1, -0.05) is 35.0 Å². The Kier molecular flexibility index (Phi) is 2.02. The van der Waals surface area contributed by atoms with Gasteiger partial charge in [-0.3, -0.25) is 0 Å². The van der Waals surface area contributed by atoms with Gasteiger partial charge in [0, 0.05) is 10.4 Å². The minimum Gasteiger partial charge on any atom is -0.384 e. The zero-order valence-corrected chi connectivity index (χ0v) is 7.72. The summed E-state index contributed by atoms with van der Waals surface area (Å²) in [4.78, 5) is 0. The van der Waals surface area contributed by atoms with Crippen molar-refractivity contribution in [3.05, 3.63) is 22.7 Å². The van der Waals surface area contributed by atoms with E-state index in [0.717, 1.165) is 4.48 Å². The molecule has 2 atom stereocenters. The Labute approximate surface area is 69.6 Å². The Bertz CT molecular complexity index is 191. The molecule has 0 saturated carbocycles. The minimum absolute atomic E-state index is 0.187. The lowest BCUT2D eigenvalue weighted by Crippen LogP contribution is -2.33. The molecule has 0 aliphatic heterocycles. The van der Waals surface area contributed by atoms with Crippen molar-refractivity contribution < 1.29 is 5.11 Å². The number of allylic oxidation sites excluding steroid dienone is 2. The SMILES string of the molecule is CC1C=CC=C(Br)C1(C)O. The maximum Gasteiger partial charge on any atom is 0.0992 e. The van der Waals surface area contributed by atoms with E-state index < -0.39 is 5.60 Å². The molecule has 0 spiro atoms. The van der Waals surface area contributed by atoms with E-state index in [4.69, 9.17) is 0 Å². The molecule has 1 N–H and O–H groups in total. The van der Waals surface area contributed by atoms with Crippen molar-refractivity contribution in [2.45, 2.75) is 19.4 Å². The Morgan fingerprint density at radius 3 is 2.70 bits per heavy atom. The zero-order valence-electron chi connectivity index (χ0n) is 6.13. The first-order chi connectivity index (χ1) is 4.55. The van der Waals surface area contributed by atoms with Crippen LogP contribution in [0.4, 0.5) is 0 Å². The number of hydrogen-bond donors (Lipinski definition) is 1. The fourth-order valence-corrected chi connectivity index (χ4v) is 1.39. The van der Waals surface area contributed by atoms with Crippen molar-refractivity contribution >= 4 is 15.9 Å². The van der Waals surface area contributed by atoms with E-state index in [1.54, 1.807) is 0 Å². The predicted molar refractivity (Wildman–Crippen MR) is 45.9 cm³/mol. The van der Waals surface area contributed by atoms with Gasteiger partial charge in [0.15, 0.2) is 0 Å². The van der Waals surface area contributed by atoms with Gasteiger partial charge in [-0.15, -0.1) is 0 Å². The molecule has 0 aromatic heterocycles. The van der Waals surface area contributed by atoms with Crippen molar-refractivity contribution in [3.8, 4) is 0 Å². The van der Waals surface area contributed by atoms with E-state index in [0.29, 0.717) is 0 Å². The third kappa shape index (κ3) is 1.18. The quantitative estimate of drug-likeness (QED) is 0.639. The number of aliphatic hydroxyl groups is 1. The highest BCUT2D eigenvalue weighted by Crippen LogP contribution is 2.33. The maximum absolute atomic E-state index is 9.75. The van der Waals surface area contributed by atoms with E-state index in [2.05, 4.69) is 15.9 Å². The van der Waals surface area contributed by atoms with Crippen molar-refractivity contribution in [2.75, 3.05) is 0 Å². The molecule has 0 heterocycles. The molecule has 2 heteroatoms. The van der Waals surface area contributed by atoms with Crippen LogP contribution < -0.4 is 0 Å². The molecule has 56 valence electrons. The topological polar surface area (TPSA) is 20.2 Å². The van der Waals surface area contributed by atoms with Gasteiger partial charge < -0.3 is 5.11 Å². The van der Waals surface area contributed by atoms with E-state index in [1.165, 1.54) is 0 Å². The lowest BCUT2D eigenvalue weighted by Gasteiger charge is -2.30. The van der Waals surface area contributed by atoms with Crippen LogP contribution in [0.3, 0.4) is 0 Å². The van der Waals surface area contributed by atoms with Gasteiger partial charge in [0.25, 0.3) is 0 Å². The third-order valence-corrected chi connectivity index (χ3v) is 3.08. The molecule has 0 bridgehead atoms. The van der Waals surface area contributed by atoms with E-state index >= 15 is 0 Å². The molecule has 1 rings (SSSR count). The van der Waals surface area contributed by atoms with Crippen LogP contribution in [0, 0.1) is 5.92 Å². The maximum atomic E-state index is 9.75. The van der Waals surface area contributed by atoms with Crippen LogP contribution >= 0.6 is 15.9 Å². The average molecular weight is 203 g/mol. The minimum atomic E-state index is -0.714. The van der Waals surface area contributed by atoms with Crippen molar-refractivity contribution in [1.82, 2.24) is 0 Å². The molecule has 1 nitrogen and oxygen atoms in total. The number of rotatable bonds is 0. The molecule has 1 aliphatic carbocycles. The van der Waals surface area contributed by atoms with Gasteiger partial charge in [-0.25, -0.2) is 0 Å². The summed E-state index contributed by atoms with van der Waals surface area (Å²) in [5, 5.41) is 9.75. The lowest BCUT2D eigenvalue weighted by molar-refractivity contribution is 0.0698. The lowest BCUT2D eigenvalue weighted by atomic mass is 9.87. The summed E-state index contributed by atoms with van der Waals surface area (Å²) in [5.41, 5.74) is -0.714. The van der Waals surface area contributed by atoms with E-state index in [-0.39, 0.29) is 5.92 Å². The molecule has 0 saturated heterocycles. The Morgan fingerprint density at radius 2 is 2.30 bits per heavy atom. The monoisotopic (exact) mass is 202 g/mol. The van der Waals surface area contributed by atoms with Crippen LogP contribution in [-0.2, 0) is 0 Å². The average Bonchev–Trinajstić information content (AvgIpc) is 1.84. The summed E-state index contributed by atoms with van der Waals surface area (Å²) < 4.78 is 0.856. The van der Waals surface area contributed by atoms with Gasteiger partial charge >= 0.3 is 0 Å². The van der Waals surface area contributed by atoms with Crippen LogP contribution in [0.25, 0.3) is 0 Å². The van der Waals surface area contributed by atoms with Gasteiger partial charge in [0.1, 0.15) is 0 Å². The standard InChI is InChI=1S/C8H11BrO/c1-6-4-3-5-7(9)8(6,2)10/h3-6,10H,1-2H3. The molecular formula is C8H11BrO. The number of halogens is 1. The highest BCUT2D eigenvalue weighted by Gasteiger charge is 2.30. The molecule has 0 fully saturated rings. The first-order valence-corrected chi connectivity index (χ1v) is 4.11. The summed E-state index contributed by atoms with van der Waals surface area (Å²) in [6.45, 7) is 3.80. The second-order valence-electron chi connectivity index (χ2n) is 2.84. The predicted octanol–water partition coefficient (Wildman–Crippen LogP) is 2.22. The van der Waals surface area contributed by atoms with Crippen LogP contribution in [0.15, 0.2) is 22.7 Å². The van der Waals surface area contributed by atoms with Crippen LogP contribution in [0.2, 0.25) is 0 Å². The Balaban J connectivity index is 2.93. The summed E-state index contributed by atoms with van der Waals surface area (Å²) >= 11 is 3.31. The number of hydrogen-bond acceptors (Lipinski definition) is 1. The van der Waals surface area contributed by atoms with Gasteiger partial charge in [-0.2, -0.15) is 0 Å². The molecule has 1 aliphatic rings. The normalized spacial score (nSPS) is 39.6. The fourth-order valence-electron chi connectivity index (χ4n) is 0.880. The second kappa shape index (κ2) is 2.51. The molecule has 2 unspecified atom stereocenters. The largest absolute Gasteiger partial charge is 0.384 e. The highest BCUT2D eigenvalue weighted by molar-refractivity contribution is 9.11. The zero-order chi connectivity index (χ0) is 7.78. The van der Waals surface area contributed by atoms with Gasteiger partial charge in [0.05, 0.1) is 5.60 Å². The van der Waals surface area contributed by atoms with Crippen LogP contribution in [0.1, 0.15) is 13.8 Å². The summed E-state index contributed by atoms with van der Waals surface area (Å²) in [5.74, 6) is 0.187. The summed E-state index contributed by atoms with van der Waals surface area (Å²) in [6, 6.07) is 0. The Morgan fingerprint density at radius 1 is 1.70 bits per heavy atom. The smallest absolute Gasteiger partial charge is 0.0992 e.